The Kier molecular flexibility index (Phi) is 14.8. The third-order valence-electron chi connectivity index (χ3n) is 20.2. The standard InChI is InChI=1S/C92H80N2/c1-89(2,3)73-37-45-77(46-38-73)93(75-41-33-67(34-42-75)71-31-29-65-15-11-13-17-69(65)57-71)79-49-53-83-81-51-27-63(55-85(81)91(7,8)87(83)59-79)25-23-61-19-21-62(22-20-61)24-26-64-28-52-82-84-54-50-80(60-88(84)92(9,10)86(82)56-64)94(78-47-39-74(40-48-78)90(4,5)6)76-43-35-68(36-44-76)72-32-30-66-16-12-14-18-70(66)58-72/h11-60H,1-10H3/b25-23+,26-24+. The summed E-state index contributed by atoms with van der Waals surface area (Å²) in [6, 6.07) is 104. The highest BCUT2D eigenvalue weighted by Crippen LogP contribution is 2.53. The molecule has 2 heteroatoms. The summed E-state index contributed by atoms with van der Waals surface area (Å²) < 4.78 is 0. The number of benzene rings is 13. The van der Waals surface area contributed by atoms with Crippen LogP contribution in [0.1, 0.15) is 125 Å². The Morgan fingerprint density at radius 2 is 0.521 bits per heavy atom. The van der Waals surface area contributed by atoms with E-state index in [1.165, 1.54) is 122 Å². The van der Waals surface area contributed by atoms with Crippen molar-refractivity contribution in [2.24, 2.45) is 0 Å². The molecule has 0 saturated carbocycles. The third-order valence-corrected chi connectivity index (χ3v) is 20.2. The maximum atomic E-state index is 2.44. The van der Waals surface area contributed by atoms with Crippen molar-refractivity contribution >= 4 is 80.0 Å². The maximum absolute atomic E-state index is 2.44. The van der Waals surface area contributed by atoms with Crippen LogP contribution in [0.5, 0.6) is 0 Å². The molecule has 0 saturated heterocycles. The number of anilines is 6. The van der Waals surface area contributed by atoms with Gasteiger partial charge < -0.3 is 9.80 Å². The lowest BCUT2D eigenvalue weighted by molar-refractivity contribution is 0.590. The Morgan fingerprint density at radius 1 is 0.245 bits per heavy atom. The number of rotatable bonds is 12. The summed E-state index contributed by atoms with van der Waals surface area (Å²) in [5.41, 5.74) is 29.3. The minimum absolute atomic E-state index is 0.0553. The third kappa shape index (κ3) is 11.2. The van der Waals surface area contributed by atoms with E-state index in [-0.39, 0.29) is 21.7 Å². The molecule has 2 nitrogen and oxygen atoms in total. The molecule has 0 unspecified atom stereocenters. The molecule has 2 aliphatic carbocycles. The van der Waals surface area contributed by atoms with E-state index in [0.717, 1.165) is 34.1 Å². The van der Waals surface area contributed by atoms with E-state index >= 15 is 0 Å². The van der Waals surface area contributed by atoms with Gasteiger partial charge in [-0.1, -0.05) is 288 Å². The van der Waals surface area contributed by atoms with Gasteiger partial charge in [-0.2, -0.15) is 0 Å². The van der Waals surface area contributed by atoms with Crippen LogP contribution < -0.4 is 9.80 Å². The molecule has 0 radical (unpaired) electrons. The van der Waals surface area contributed by atoms with Gasteiger partial charge in [-0.3, -0.25) is 0 Å². The van der Waals surface area contributed by atoms with E-state index in [1.807, 2.05) is 0 Å². The van der Waals surface area contributed by atoms with Gasteiger partial charge in [0.1, 0.15) is 0 Å². The number of hydrogen-bond donors (Lipinski definition) is 0. The molecule has 13 aromatic rings. The first-order valence-electron chi connectivity index (χ1n) is 33.4. The van der Waals surface area contributed by atoms with Crippen LogP contribution >= 0.6 is 0 Å². The molecule has 0 fully saturated rings. The summed E-state index contributed by atoms with van der Waals surface area (Å²) in [5.74, 6) is 0. The predicted octanol–water partition coefficient (Wildman–Crippen LogP) is 25.8. The highest BCUT2D eigenvalue weighted by Gasteiger charge is 2.38. The van der Waals surface area contributed by atoms with E-state index in [0.29, 0.717) is 0 Å². The maximum Gasteiger partial charge on any atom is 0.0465 e. The van der Waals surface area contributed by atoms with Crippen molar-refractivity contribution in [2.45, 2.75) is 90.9 Å². The van der Waals surface area contributed by atoms with Crippen LogP contribution in [0.25, 0.3) is 90.4 Å². The predicted molar refractivity (Wildman–Crippen MR) is 405 cm³/mol. The topological polar surface area (TPSA) is 6.48 Å². The highest BCUT2D eigenvalue weighted by atomic mass is 15.1. The Hall–Kier alpha value is -10.5. The summed E-state index contributed by atoms with van der Waals surface area (Å²) in [4.78, 5) is 4.84. The summed E-state index contributed by atoms with van der Waals surface area (Å²) in [7, 11) is 0. The molecule has 458 valence electrons. The Balaban J connectivity index is 0.648. The molecule has 0 aliphatic heterocycles. The van der Waals surface area contributed by atoms with Crippen LogP contribution in [-0.2, 0) is 21.7 Å². The smallest absolute Gasteiger partial charge is 0.0465 e. The van der Waals surface area contributed by atoms with Gasteiger partial charge in [0.05, 0.1) is 0 Å². The first kappa shape index (κ1) is 59.7. The lowest BCUT2D eigenvalue weighted by Gasteiger charge is -2.29. The monoisotopic (exact) mass is 1210 g/mol. The van der Waals surface area contributed by atoms with Gasteiger partial charge in [0, 0.05) is 45.0 Å². The van der Waals surface area contributed by atoms with Gasteiger partial charge in [-0.05, 0) is 217 Å². The molecule has 0 heterocycles. The molecule has 0 aromatic heterocycles. The molecule has 94 heavy (non-hydrogen) atoms. The zero-order valence-corrected chi connectivity index (χ0v) is 55.8. The van der Waals surface area contributed by atoms with Gasteiger partial charge in [-0.25, -0.2) is 0 Å². The largest absolute Gasteiger partial charge is 0.310 e. The minimum Gasteiger partial charge on any atom is -0.310 e. The van der Waals surface area contributed by atoms with Crippen molar-refractivity contribution in [3.8, 4) is 44.5 Å². The van der Waals surface area contributed by atoms with Crippen molar-refractivity contribution in [2.75, 3.05) is 9.80 Å². The van der Waals surface area contributed by atoms with Crippen molar-refractivity contribution in [3.63, 3.8) is 0 Å². The second kappa shape index (κ2) is 23.2. The summed E-state index contributed by atoms with van der Waals surface area (Å²) in [5, 5.41) is 5.01. The van der Waals surface area contributed by atoms with Gasteiger partial charge in [0.25, 0.3) is 0 Å². The summed E-state index contributed by atoms with van der Waals surface area (Å²) >= 11 is 0. The number of fused-ring (bicyclic) bond motifs is 8. The van der Waals surface area contributed by atoms with Crippen molar-refractivity contribution in [3.05, 3.63) is 335 Å². The lowest BCUT2D eigenvalue weighted by atomic mass is 9.81. The van der Waals surface area contributed by atoms with Gasteiger partial charge >= 0.3 is 0 Å². The molecular formula is C92H80N2. The zero-order chi connectivity index (χ0) is 64.7. The Morgan fingerprint density at radius 3 is 0.872 bits per heavy atom. The van der Waals surface area contributed by atoms with Crippen LogP contribution in [0.15, 0.2) is 279 Å². The Labute approximate surface area is 556 Å². The highest BCUT2D eigenvalue weighted by molar-refractivity contribution is 5.92. The van der Waals surface area contributed by atoms with Gasteiger partial charge in [-0.15, -0.1) is 0 Å². The van der Waals surface area contributed by atoms with E-state index in [1.54, 1.807) is 0 Å². The fourth-order valence-corrected chi connectivity index (χ4v) is 14.5. The second-order valence-corrected chi connectivity index (χ2v) is 29.1. The fourth-order valence-electron chi connectivity index (χ4n) is 14.5. The van der Waals surface area contributed by atoms with E-state index in [2.05, 4.69) is 382 Å². The van der Waals surface area contributed by atoms with E-state index in [4.69, 9.17) is 0 Å². The first-order chi connectivity index (χ1) is 45.3. The number of nitrogens with zero attached hydrogens (tertiary/aromatic N) is 2. The van der Waals surface area contributed by atoms with Crippen LogP contribution in [0.3, 0.4) is 0 Å². The van der Waals surface area contributed by atoms with Crippen molar-refractivity contribution < 1.29 is 0 Å². The van der Waals surface area contributed by atoms with Crippen LogP contribution in [0.4, 0.5) is 34.1 Å². The molecule has 0 bridgehead atoms. The Bertz CT molecular complexity index is 4770. The minimum atomic E-state index is -0.210. The SMILES string of the molecule is CC(C)(C)c1ccc(N(c2ccc(-c3ccc4ccccc4c3)cc2)c2ccc3c(c2)C(C)(C)c2cc(/C=C/c4ccc(/C=C/c5ccc6c(c5)C(C)(C)c5cc(N(c7ccc(-c8ccc9ccccc9c8)cc7)c7ccc(C(C)(C)C)cc7)ccc5-6)cc4)ccc2-3)cc1. The van der Waals surface area contributed by atoms with E-state index in [9.17, 15) is 0 Å². The number of hydrogen-bond acceptors (Lipinski definition) is 2. The zero-order valence-electron chi connectivity index (χ0n) is 55.8. The molecule has 0 spiro atoms. The summed E-state index contributed by atoms with van der Waals surface area (Å²) in [6.07, 6.45) is 9.01. The molecule has 15 rings (SSSR count). The molecule has 13 aromatic carbocycles. The van der Waals surface area contributed by atoms with E-state index < -0.39 is 0 Å². The van der Waals surface area contributed by atoms with Gasteiger partial charge in [0.2, 0.25) is 0 Å². The second-order valence-electron chi connectivity index (χ2n) is 29.1. The molecule has 2 aliphatic rings. The van der Waals surface area contributed by atoms with Crippen LogP contribution in [0.2, 0.25) is 0 Å². The quantitative estimate of drug-likeness (QED) is 0.113. The van der Waals surface area contributed by atoms with Gasteiger partial charge in [0.15, 0.2) is 0 Å². The average molecular weight is 1210 g/mol. The molecule has 0 atom stereocenters. The van der Waals surface area contributed by atoms with Crippen molar-refractivity contribution in [1.82, 2.24) is 0 Å². The van der Waals surface area contributed by atoms with Crippen LogP contribution in [-0.4, -0.2) is 0 Å². The first-order valence-corrected chi connectivity index (χ1v) is 33.4. The fraction of sp³-hybridized carbons (Fsp3) is 0.152. The molecule has 0 amide bonds. The normalized spacial score (nSPS) is 13.7. The van der Waals surface area contributed by atoms with Crippen molar-refractivity contribution in [1.29, 1.82) is 0 Å². The average Bonchev–Trinajstić information content (AvgIpc) is 1.58. The summed E-state index contributed by atoms with van der Waals surface area (Å²) in [6.45, 7) is 23.2. The lowest BCUT2D eigenvalue weighted by Crippen LogP contribution is -2.17. The van der Waals surface area contributed by atoms with Crippen LogP contribution in [0, 0.1) is 0 Å². The molecular weight excluding hydrogens is 1130 g/mol. The molecule has 0 N–H and O–H groups in total.